The van der Waals surface area contributed by atoms with Crippen molar-refractivity contribution in [2.24, 2.45) is 23.2 Å². The highest BCUT2D eigenvalue weighted by atomic mass is 16.4. The molecule has 0 aromatic carbocycles. The van der Waals surface area contributed by atoms with E-state index in [4.69, 9.17) is 0 Å². The number of carbonyl (C=O) groups is 2. The van der Waals surface area contributed by atoms with Gasteiger partial charge in [-0.1, -0.05) is 39.0 Å². The summed E-state index contributed by atoms with van der Waals surface area (Å²) in [6.07, 6.45) is 8.83. The summed E-state index contributed by atoms with van der Waals surface area (Å²) < 4.78 is 0. The smallest absolute Gasteiger partial charge is 0.311 e. The largest absolute Gasteiger partial charge is 0.481 e. The van der Waals surface area contributed by atoms with E-state index in [0.717, 1.165) is 25.7 Å². The summed E-state index contributed by atoms with van der Waals surface area (Å²) in [5, 5.41) is 9.60. The minimum atomic E-state index is -0.691. The van der Waals surface area contributed by atoms with Gasteiger partial charge in [0.1, 0.15) is 0 Å². The lowest BCUT2D eigenvalue weighted by molar-refractivity contribution is -0.149. The maximum atomic E-state index is 12.7. The van der Waals surface area contributed by atoms with Gasteiger partial charge in [0.2, 0.25) is 5.91 Å². The van der Waals surface area contributed by atoms with Crippen LogP contribution in [0.15, 0.2) is 0 Å². The fraction of sp³-hybridized carbons (Fsp3) is 0.882. The van der Waals surface area contributed by atoms with E-state index >= 15 is 0 Å². The molecule has 0 radical (unpaired) electrons. The quantitative estimate of drug-likeness (QED) is 0.867. The van der Waals surface area contributed by atoms with E-state index in [0.29, 0.717) is 19.0 Å². The highest BCUT2D eigenvalue weighted by Crippen LogP contribution is 2.49. The summed E-state index contributed by atoms with van der Waals surface area (Å²) in [4.78, 5) is 26.2. The van der Waals surface area contributed by atoms with Gasteiger partial charge in [0.15, 0.2) is 0 Å². The lowest BCUT2D eigenvalue weighted by atomic mass is 9.81. The number of likely N-dealkylation sites (tertiary alicyclic amines) is 1. The normalized spacial score (nSPS) is 34.1. The van der Waals surface area contributed by atoms with E-state index in [1.165, 1.54) is 25.7 Å². The molecule has 4 nitrogen and oxygen atoms in total. The van der Waals surface area contributed by atoms with Gasteiger partial charge in [-0.15, -0.1) is 0 Å². The first-order chi connectivity index (χ1) is 10.0. The minimum absolute atomic E-state index is 0.0535. The number of carboxylic acid groups (broad SMARTS) is 1. The lowest BCUT2D eigenvalue weighted by Gasteiger charge is -2.25. The molecule has 4 heteroatoms. The predicted molar refractivity (Wildman–Crippen MR) is 79.7 cm³/mol. The molecule has 1 N–H and O–H groups in total. The molecule has 0 aromatic heterocycles. The molecule has 2 aliphatic carbocycles. The first-order valence-electron chi connectivity index (χ1n) is 8.55. The molecule has 1 heterocycles. The van der Waals surface area contributed by atoms with Crippen LogP contribution in [-0.2, 0) is 9.59 Å². The predicted octanol–water partition coefficient (Wildman–Crippen LogP) is 2.92. The second kappa shape index (κ2) is 5.62. The first kappa shape index (κ1) is 14.9. The third-order valence-corrected chi connectivity index (χ3v) is 6.19. The van der Waals surface area contributed by atoms with Crippen LogP contribution in [0, 0.1) is 23.2 Å². The summed E-state index contributed by atoms with van der Waals surface area (Å²) in [5.74, 6) is 0.440. The van der Waals surface area contributed by atoms with Crippen molar-refractivity contribution in [1.29, 1.82) is 0 Å². The average Bonchev–Trinajstić information content (AvgIpc) is 3.11. The van der Waals surface area contributed by atoms with Gasteiger partial charge in [-0.25, -0.2) is 0 Å². The molecule has 0 bridgehead atoms. The maximum absolute atomic E-state index is 12.7. The third kappa shape index (κ3) is 2.58. The van der Waals surface area contributed by atoms with Crippen molar-refractivity contribution in [3.63, 3.8) is 0 Å². The Morgan fingerprint density at radius 2 is 1.95 bits per heavy atom. The van der Waals surface area contributed by atoms with Gasteiger partial charge < -0.3 is 10.0 Å². The zero-order valence-corrected chi connectivity index (χ0v) is 13.0. The molecule has 2 saturated carbocycles. The summed E-state index contributed by atoms with van der Waals surface area (Å²) in [5.41, 5.74) is -0.636. The Bertz CT molecular complexity index is 430. The van der Waals surface area contributed by atoms with Crippen molar-refractivity contribution in [2.75, 3.05) is 13.1 Å². The Hall–Kier alpha value is -1.06. The third-order valence-electron chi connectivity index (χ3n) is 6.19. The molecule has 3 atom stereocenters. The molecule has 3 aliphatic rings. The molecule has 1 amide bonds. The molecular formula is C17H27NO3. The summed E-state index contributed by atoms with van der Waals surface area (Å²) >= 11 is 0. The zero-order valence-electron chi connectivity index (χ0n) is 13.0. The SMILES string of the molecule is CC(CC1CCCC1)C(=O)N1C[C@@H]2CCC[C@@]2(C(=O)O)C1. The number of carboxylic acids is 1. The van der Waals surface area contributed by atoms with E-state index in [-0.39, 0.29) is 17.7 Å². The Kier molecular flexibility index (Phi) is 3.98. The molecule has 0 spiro atoms. The van der Waals surface area contributed by atoms with E-state index in [9.17, 15) is 14.7 Å². The molecule has 3 fully saturated rings. The van der Waals surface area contributed by atoms with Crippen molar-refractivity contribution >= 4 is 11.9 Å². The zero-order chi connectivity index (χ0) is 15.0. The van der Waals surface area contributed by atoms with E-state index in [1.54, 1.807) is 0 Å². The first-order valence-corrected chi connectivity index (χ1v) is 8.55. The standard InChI is InChI=1S/C17H27NO3/c1-12(9-13-5-2-3-6-13)15(19)18-10-14-7-4-8-17(14,11-18)16(20)21/h12-14H,2-11H2,1H3,(H,20,21)/t12?,14-,17+/m0/s1. The van der Waals surface area contributed by atoms with Crippen molar-refractivity contribution in [3.05, 3.63) is 0 Å². The van der Waals surface area contributed by atoms with Gasteiger partial charge in [0.05, 0.1) is 5.41 Å². The van der Waals surface area contributed by atoms with Crippen molar-refractivity contribution < 1.29 is 14.7 Å². The molecule has 1 unspecified atom stereocenters. The maximum Gasteiger partial charge on any atom is 0.311 e. The molecule has 1 aliphatic heterocycles. The van der Waals surface area contributed by atoms with Gasteiger partial charge in [0, 0.05) is 19.0 Å². The number of nitrogens with zero attached hydrogens (tertiary/aromatic N) is 1. The van der Waals surface area contributed by atoms with Crippen LogP contribution in [0.5, 0.6) is 0 Å². The van der Waals surface area contributed by atoms with Crippen LogP contribution >= 0.6 is 0 Å². The number of fused-ring (bicyclic) bond motifs is 1. The van der Waals surface area contributed by atoms with Crippen molar-refractivity contribution in [2.45, 2.75) is 58.3 Å². The summed E-state index contributed by atoms with van der Waals surface area (Å²) in [6, 6.07) is 0. The van der Waals surface area contributed by atoms with Crippen LogP contribution in [0.1, 0.15) is 58.3 Å². The number of rotatable bonds is 4. The van der Waals surface area contributed by atoms with Crippen LogP contribution in [0.25, 0.3) is 0 Å². The van der Waals surface area contributed by atoms with Gasteiger partial charge in [0.25, 0.3) is 0 Å². The molecule has 118 valence electrons. The van der Waals surface area contributed by atoms with E-state index in [1.807, 2.05) is 11.8 Å². The number of amides is 1. The Labute approximate surface area is 126 Å². The topological polar surface area (TPSA) is 57.6 Å². The second-order valence-electron chi connectivity index (χ2n) is 7.56. The van der Waals surface area contributed by atoms with Crippen molar-refractivity contribution in [1.82, 2.24) is 4.90 Å². The van der Waals surface area contributed by atoms with E-state index < -0.39 is 11.4 Å². The van der Waals surface area contributed by atoms with Gasteiger partial charge in [-0.2, -0.15) is 0 Å². The number of carbonyl (C=O) groups excluding carboxylic acids is 1. The molecule has 1 saturated heterocycles. The van der Waals surface area contributed by atoms with Crippen LogP contribution in [0.2, 0.25) is 0 Å². The molecule has 0 aromatic rings. The summed E-state index contributed by atoms with van der Waals surface area (Å²) in [6.45, 7) is 3.14. The second-order valence-corrected chi connectivity index (χ2v) is 7.56. The fourth-order valence-electron chi connectivity index (χ4n) is 4.97. The average molecular weight is 293 g/mol. The molecular weight excluding hydrogens is 266 g/mol. The van der Waals surface area contributed by atoms with Crippen molar-refractivity contribution in [3.8, 4) is 0 Å². The monoisotopic (exact) mass is 293 g/mol. The van der Waals surface area contributed by atoms with Crippen LogP contribution in [0.4, 0.5) is 0 Å². The van der Waals surface area contributed by atoms with E-state index in [2.05, 4.69) is 0 Å². The van der Waals surface area contributed by atoms with Crippen LogP contribution in [0.3, 0.4) is 0 Å². The highest BCUT2D eigenvalue weighted by molar-refractivity contribution is 5.82. The molecule has 21 heavy (non-hydrogen) atoms. The summed E-state index contributed by atoms with van der Waals surface area (Å²) in [7, 11) is 0. The van der Waals surface area contributed by atoms with Crippen LogP contribution in [-0.4, -0.2) is 35.0 Å². The highest BCUT2D eigenvalue weighted by Gasteiger charge is 2.56. The lowest BCUT2D eigenvalue weighted by Crippen LogP contribution is -2.39. The fourth-order valence-corrected chi connectivity index (χ4v) is 4.97. The Morgan fingerprint density at radius 3 is 2.57 bits per heavy atom. The number of hydrogen-bond donors (Lipinski definition) is 1. The van der Waals surface area contributed by atoms with Crippen LogP contribution < -0.4 is 0 Å². The minimum Gasteiger partial charge on any atom is -0.481 e. The van der Waals surface area contributed by atoms with Gasteiger partial charge >= 0.3 is 5.97 Å². The number of hydrogen-bond acceptors (Lipinski definition) is 2. The molecule has 3 rings (SSSR count). The van der Waals surface area contributed by atoms with Gasteiger partial charge in [-0.3, -0.25) is 9.59 Å². The van der Waals surface area contributed by atoms with Gasteiger partial charge in [-0.05, 0) is 31.1 Å². The Balaban J connectivity index is 1.62. The number of aliphatic carboxylic acids is 1. The Morgan fingerprint density at radius 1 is 1.24 bits per heavy atom.